The van der Waals surface area contributed by atoms with Gasteiger partial charge in [0.1, 0.15) is 5.75 Å². The number of ether oxygens (including phenoxy) is 2. The van der Waals surface area contributed by atoms with E-state index in [0.717, 1.165) is 5.75 Å². The van der Waals surface area contributed by atoms with Crippen molar-refractivity contribution < 1.29 is 9.47 Å². The van der Waals surface area contributed by atoms with Crippen molar-refractivity contribution in [1.82, 2.24) is 5.32 Å². The number of para-hydroxylation sites is 1. The summed E-state index contributed by atoms with van der Waals surface area (Å²) in [5.41, 5.74) is 6.97. The smallest absolute Gasteiger partial charge is 0.188 e. The Morgan fingerprint density at radius 3 is 3.22 bits per heavy atom. The molecule has 1 heterocycles. The lowest BCUT2D eigenvalue weighted by atomic mass is 10.0. The van der Waals surface area contributed by atoms with Crippen LogP contribution in [0.15, 0.2) is 29.3 Å². The van der Waals surface area contributed by atoms with Gasteiger partial charge < -0.3 is 20.5 Å². The van der Waals surface area contributed by atoms with E-state index < -0.39 is 0 Å². The highest BCUT2D eigenvalue weighted by Crippen LogP contribution is 2.33. The Morgan fingerprint density at radius 1 is 1.56 bits per heavy atom. The summed E-state index contributed by atoms with van der Waals surface area (Å²) in [6.07, 6.45) is 0. The van der Waals surface area contributed by atoms with Gasteiger partial charge >= 0.3 is 0 Å². The molecule has 1 aromatic rings. The largest absolute Gasteiger partial charge is 0.493 e. The molecule has 0 spiro atoms. The number of hydrogen-bond donors (Lipinski definition) is 2. The molecule has 5 nitrogen and oxygen atoms in total. The Balaban J connectivity index is 1.86. The first-order valence-electron chi connectivity index (χ1n) is 6.05. The second-order valence-corrected chi connectivity index (χ2v) is 4.19. The van der Waals surface area contributed by atoms with Crippen LogP contribution in [0.1, 0.15) is 11.5 Å². The van der Waals surface area contributed by atoms with Crippen LogP contribution in [-0.2, 0) is 4.74 Å². The number of nitrogens with zero attached hydrogens (tertiary/aromatic N) is 1. The summed E-state index contributed by atoms with van der Waals surface area (Å²) in [5.74, 6) is 1.71. The topological polar surface area (TPSA) is 68.9 Å². The molecule has 0 amide bonds. The van der Waals surface area contributed by atoms with E-state index in [9.17, 15) is 0 Å². The standard InChI is InChI=1S/C13H19N3O2/c1-17-7-6-15-13(14)16-8-10-9-18-12-5-3-2-4-11(10)12/h2-5,10H,6-9H2,1H3,(H3,14,15,16). The van der Waals surface area contributed by atoms with Crippen LogP contribution in [0.5, 0.6) is 5.75 Å². The summed E-state index contributed by atoms with van der Waals surface area (Å²) in [6, 6.07) is 8.06. The number of hydrogen-bond acceptors (Lipinski definition) is 3. The fourth-order valence-corrected chi connectivity index (χ4v) is 1.93. The van der Waals surface area contributed by atoms with Crippen LogP contribution in [0.3, 0.4) is 0 Å². The van der Waals surface area contributed by atoms with Gasteiger partial charge in [0.05, 0.1) is 19.8 Å². The fraction of sp³-hybridized carbons (Fsp3) is 0.462. The Hall–Kier alpha value is -1.75. The van der Waals surface area contributed by atoms with Gasteiger partial charge in [0.25, 0.3) is 0 Å². The van der Waals surface area contributed by atoms with Crippen molar-refractivity contribution in [3.8, 4) is 5.75 Å². The van der Waals surface area contributed by atoms with Crippen LogP contribution in [0, 0.1) is 0 Å². The Kier molecular flexibility index (Phi) is 4.41. The van der Waals surface area contributed by atoms with Gasteiger partial charge in [-0.25, -0.2) is 0 Å². The molecule has 18 heavy (non-hydrogen) atoms. The average molecular weight is 249 g/mol. The fourth-order valence-electron chi connectivity index (χ4n) is 1.93. The highest BCUT2D eigenvalue weighted by atomic mass is 16.5. The maximum atomic E-state index is 5.76. The molecule has 0 saturated heterocycles. The van der Waals surface area contributed by atoms with Crippen LogP contribution in [0.2, 0.25) is 0 Å². The summed E-state index contributed by atoms with van der Waals surface area (Å²) in [5, 5.41) is 2.99. The van der Waals surface area contributed by atoms with Gasteiger partial charge in [0.2, 0.25) is 0 Å². The first kappa shape index (κ1) is 12.7. The van der Waals surface area contributed by atoms with E-state index in [1.807, 2.05) is 18.2 Å². The minimum absolute atomic E-state index is 0.295. The SMILES string of the molecule is COCCNC(N)=NCC1COc2ccccc21. The quantitative estimate of drug-likeness (QED) is 0.458. The Morgan fingerprint density at radius 2 is 2.39 bits per heavy atom. The molecule has 2 rings (SSSR count). The van der Waals surface area contributed by atoms with Crippen LogP contribution < -0.4 is 15.8 Å². The number of fused-ring (bicyclic) bond motifs is 1. The predicted molar refractivity (Wildman–Crippen MR) is 71.0 cm³/mol. The van der Waals surface area contributed by atoms with Gasteiger partial charge in [0.15, 0.2) is 5.96 Å². The normalized spacial score (nSPS) is 18.3. The monoisotopic (exact) mass is 249 g/mol. The summed E-state index contributed by atoms with van der Waals surface area (Å²) < 4.78 is 10.5. The number of benzene rings is 1. The van der Waals surface area contributed by atoms with Gasteiger partial charge in [-0.15, -0.1) is 0 Å². The number of nitrogens with one attached hydrogen (secondary N) is 1. The molecular weight excluding hydrogens is 230 g/mol. The molecular formula is C13H19N3O2. The van der Waals surface area contributed by atoms with Gasteiger partial charge in [-0.2, -0.15) is 0 Å². The Labute approximate surface area is 107 Å². The molecule has 5 heteroatoms. The zero-order chi connectivity index (χ0) is 12.8. The molecule has 0 aromatic heterocycles. The van der Waals surface area contributed by atoms with E-state index >= 15 is 0 Å². The van der Waals surface area contributed by atoms with E-state index in [2.05, 4.69) is 16.4 Å². The zero-order valence-electron chi connectivity index (χ0n) is 10.6. The molecule has 1 atom stereocenters. The van der Waals surface area contributed by atoms with Crippen LogP contribution >= 0.6 is 0 Å². The van der Waals surface area contributed by atoms with Crippen molar-refractivity contribution in [2.24, 2.45) is 10.7 Å². The van der Waals surface area contributed by atoms with Gasteiger partial charge in [-0.3, -0.25) is 4.99 Å². The van der Waals surface area contributed by atoms with E-state index in [1.165, 1.54) is 5.56 Å². The van der Waals surface area contributed by atoms with E-state index in [0.29, 0.717) is 38.2 Å². The summed E-state index contributed by atoms with van der Waals surface area (Å²) in [7, 11) is 1.65. The minimum atomic E-state index is 0.295. The summed E-state index contributed by atoms with van der Waals surface area (Å²) in [6.45, 7) is 2.60. The minimum Gasteiger partial charge on any atom is -0.493 e. The predicted octanol–water partition coefficient (Wildman–Crippen LogP) is 0.713. The van der Waals surface area contributed by atoms with Crippen molar-refractivity contribution in [3.05, 3.63) is 29.8 Å². The molecule has 1 aromatic carbocycles. The molecule has 0 fully saturated rings. The molecule has 0 bridgehead atoms. The number of rotatable bonds is 5. The second kappa shape index (κ2) is 6.26. The highest BCUT2D eigenvalue weighted by molar-refractivity contribution is 5.77. The molecule has 1 aliphatic rings. The van der Waals surface area contributed by atoms with E-state index in [1.54, 1.807) is 7.11 Å². The third-order valence-electron chi connectivity index (χ3n) is 2.89. The third kappa shape index (κ3) is 3.13. The van der Waals surface area contributed by atoms with E-state index in [4.69, 9.17) is 15.2 Å². The van der Waals surface area contributed by atoms with E-state index in [-0.39, 0.29) is 0 Å². The van der Waals surface area contributed by atoms with Crippen molar-refractivity contribution in [2.45, 2.75) is 5.92 Å². The van der Waals surface area contributed by atoms with Crippen molar-refractivity contribution >= 4 is 5.96 Å². The van der Waals surface area contributed by atoms with Crippen molar-refractivity contribution in [2.75, 3.05) is 33.4 Å². The lowest BCUT2D eigenvalue weighted by Gasteiger charge is -2.07. The van der Waals surface area contributed by atoms with Crippen LogP contribution in [0.25, 0.3) is 0 Å². The maximum absolute atomic E-state index is 5.76. The number of nitrogens with two attached hydrogens (primary N) is 1. The Bertz CT molecular complexity index is 420. The number of guanidine groups is 1. The molecule has 0 aliphatic carbocycles. The molecule has 0 saturated carbocycles. The first-order valence-corrected chi connectivity index (χ1v) is 6.05. The van der Waals surface area contributed by atoms with Crippen molar-refractivity contribution in [1.29, 1.82) is 0 Å². The zero-order valence-corrected chi connectivity index (χ0v) is 10.6. The molecule has 1 unspecified atom stereocenters. The van der Waals surface area contributed by atoms with Crippen LogP contribution in [-0.4, -0.2) is 39.4 Å². The van der Waals surface area contributed by atoms with Crippen LogP contribution in [0.4, 0.5) is 0 Å². The molecule has 98 valence electrons. The van der Waals surface area contributed by atoms with Gasteiger partial charge in [-0.1, -0.05) is 18.2 Å². The number of methoxy groups -OCH3 is 1. The first-order chi connectivity index (χ1) is 8.81. The second-order valence-electron chi connectivity index (χ2n) is 4.19. The summed E-state index contributed by atoms with van der Waals surface area (Å²) >= 11 is 0. The average Bonchev–Trinajstić information content (AvgIpc) is 2.80. The van der Waals surface area contributed by atoms with Gasteiger partial charge in [0, 0.05) is 25.1 Å². The third-order valence-corrected chi connectivity index (χ3v) is 2.89. The molecule has 0 radical (unpaired) electrons. The lowest BCUT2D eigenvalue weighted by Crippen LogP contribution is -2.34. The van der Waals surface area contributed by atoms with Gasteiger partial charge in [-0.05, 0) is 6.07 Å². The molecule has 1 aliphatic heterocycles. The summed E-state index contributed by atoms with van der Waals surface area (Å²) in [4.78, 5) is 4.32. The van der Waals surface area contributed by atoms with Crippen molar-refractivity contribution in [3.63, 3.8) is 0 Å². The number of aliphatic imine (C=N–C) groups is 1. The highest BCUT2D eigenvalue weighted by Gasteiger charge is 2.22. The lowest BCUT2D eigenvalue weighted by molar-refractivity contribution is 0.204. The maximum Gasteiger partial charge on any atom is 0.188 e. The molecule has 3 N–H and O–H groups in total.